The summed E-state index contributed by atoms with van der Waals surface area (Å²) in [6.07, 6.45) is 8.18. The van der Waals surface area contributed by atoms with Gasteiger partial charge in [-0.05, 0) is 106 Å². The summed E-state index contributed by atoms with van der Waals surface area (Å²) in [5.74, 6) is -0.329. The molecule has 9 rings (SSSR count). The lowest BCUT2D eigenvalue weighted by Crippen LogP contribution is -2.58. The molecule has 4 fully saturated rings. The first kappa shape index (κ1) is 26.7. The highest BCUT2D eigenvalue weighted by molar-refractivity contribution is 6.02. The third-order valence-electron chi connectivity index (χ3n) is 11.2. The molecule has 228 valence electrons. The van der Waals surface area contributed by atoms with Crippen LogP contribution in [0, 0.1) is 18.6 Å². The van der Waals surface area contributed by atoms with Gasteiger partial charge in [-0.25, -0.2) is 13.8 Å². The van der Waals surface area contributed by atoms with Crippen molar-refractivity contribution >= 4 is 27.5 Å². The number of phenolic OH excluding ortho intramolecular Hbond substituents is 1. The summed E-state index contributed by atoms with van der Waals surface area (Å²) in [5.41, 5.74) is 1.70. The topological polar surface area (TPSA) is 86.6 Å². The largest absolute Gasteiger partial charge is 0.508 e. The molecule has 8 nitrogen and oxygen atoms in total. The second-order valence-corrected chi connectivity index (χ2v) is 13.6. The van der Waals surface area contributed by atoms with E-state index in [1.54, 1.807) is 19.1 Å². The summed E-state index contributed by atoms with van der Waals surface area (Å²) >= 11 is 0. The Morgan fingerprint density at radius 3 is 2.73 bits per heavy atom. The van der Waals surface area contributed by atoms with E-state index in [-0.39, 0.29) is 34.6 Å². The highest BCUT2D eigenvalue weighted by atomic mass is 19.1. The Bertz CT molecular complexity index is 1840. The van der Waals surface area contributed by atoms with Crippen molar-refractivity contribution in [2.24, 2.45) is 0 Å². The smallest absolute Gasteiger partial charge is 0.319 e. The maximum absolute atomic E-state index is 17.0. The number of hydrogen-bond donors (Lipinski definition) is 2. The van der Waals surface area contributed by atoms with E-state index in [1.165, 1.54) is 12.1 Å². The Morgan fingerprint density at radius 1 is 1.05 bits per heavy atom. The molecule has 2 bridgehead atoms. The first-order chi connectivity index (χ1) is 21.4. The van der Waals surface area contributed by atoms with Crippen LogP contribution in [0.3, 0.4) is 0 Å². The van der Waals surface area contributed by atoms with Crippen molar-refractivity contribution in [3.8, 4) is 23.0 Å². The van der Waals surface area contributed by atoms with Crippen molar-refractivity contribution in [1.29, 1.82) is 0 Å². The van der Waals surface area contributed by atoms with Gasteiger partial charge < -0.3 is 20.1 Å². The second-order valence-electron chi connectivity index (χ2n) is 13.6. The van der Waals surface area contributed by atoms with Crippen LogP contribution in [0.2, 0.25) is 0 Å². The monoisotopic (exact) mass is 598 g/mol. The van der Waals surface area contributed by atoms with Gasteiger partial charge in [0.25, 0.3) is 0 Å². The van der Waals surface area contributed by atoms with Crippen LogP contribution in [0.4, 0.5) is 14.6 Å². The number of benzene rings is 2. The van der Waals surface area contributed by atoms with Gasteiger partial charge in [-0.1, -0.05) is 6.07 Å². The zero-order valence-corrected chi connectivity index (χ0v) is 24.9. The van der Waals surface area contributed by atoms with Crippen LogP contribution in [-0.4, -0.2) is 74.9 Å². The van der Waals surface area contributed by atoms with E-state index < -0.39 is 11.6 Å². The molecule has 0 spiro atoms. The number of phenols is 1. The lowest BCUT2D eigenvalue weighted by molar-refractivity contribution is 0.108. The molecular formula is C34H36F2N6O2. The molecule has 4 aromatic rings. The molecule has 2 aromatic heterocycles. The zero-order chi connectivity index (χ0) is 29.7. The second kappa shape index (κ2) is 9.68. The minimum atomic E-state index is -0.606. The van der Waals surface area contributed by atoms with Crippen molar-refractivity contribution in [1.82, 2.24) is 25.2 Å². The van der Waals surface area contributed by atoms with E-state index in [1.807, 2.05) is 0 Å². The summed E-state index contributed by atoms with van der Waals surface area (Å²) in [6.45, 7) is 5.12. The molecule has 7 heterocycles. The number of aromatic nitrogens is 3. The van der Waals surface area contributed by atoms with E-state index in [0.717, 1.165) is 70.3 Å². The third kappa shape index (κ3) is 3.89. The van der Waals surface area contributed by atoms with Gasteiger partial charge in [0.05, 0.1) is 16.6 Å². The van der Waals surface area contributed by atoms with E-state index in [9.17, 15) is 9.50 Å². The highest BCUT2D eigenvalue weighted by Gasteiger charge is 2.46. The van der Waals surface area contributed by atoms with E-state index in [2.05, 4.69) is 15.1 Å². The van der Waals surface area contributed by atoms with Gasteiger partial charge in [-0.15, -0.1) is 0 Å². The first-order valence-corrected chi connectivity index (χ1v) is 16.1. The molecule has 44 heavy (non-hydrogen) atoms. The normalized spacial score (nSPS) is 25.4. The summed E-state index contributed by atoms with van der Waals surface area (Å²) in [4.78, 5) is 19.6. The Hall–Kier alpha value is -3.63. The fourth-order valence-electron chi connectivity index (χ4n) is 9.06. The number of ether oxygens (including phenoxy) is 1. The zero-order valence-electron chi connectivity index (χ0n) is 24.9. The lowest BCUT2D eigenvalue weighted by Gasteiger charge is -2.41. The molecule has 2 N–H and O–H groups in total. The van der Waals surface area contributed by atoms with Crippen molar-refractivity contribution in [3.63, 3.8) is 0 Å². The van der Waals surface area contributed by atoms with Crippen LogP contribution in [0.5, 0.6) is 11.8 Å². The number of piperazine rings is 1. The Kier molecular flexibility index (Phi) is 5.89. The number of halogens is 2. The predicted octanol–water partition coefficient (Wildman–Crippen LogP) is 5.40. The van der Waals surface area contributed by atoms with Crippen LogP contribution in [0.25, 0.3) is 32.9 Å². The van der Waals surface area contributed by atoms with Gasteiger partial charge in [-0.2, -0.15) is 9.97 Å². The maximum atomic E-state index is 17.0. The fraction of sp³-hybridized carbons (Fsp3) is 0.500. The molecule has 5 aliphatic heterocycles. The SMILES string of the molecule is Cc1c(F)ccc2cc(O)cc(-c3nc4c5c(nc(OCC67CCCN6CCC7)nc5c3F)N3C[C@@H]5CC[C@H](N5)C3CC4)c12. The molecule has 0 amide bonds. The van der Waals surface area contributed by atoms with Crippen molar-refractivity contribution < 1.29 is 18.6 Å². The molecule has 10 heteroatoms. The molecular weight excluding hydrogens is 562 g/mol. The number of nitrogens with one attached hydrogen (secondary N) is 1. The molecule has 0 radical (unpaired) electrons. The van der Waals surface area contributed by atoms with Gasteiger partial charge in [0, 0.05) is 30.2 Å². The Morgan fingerprint density at radius 2 is 1.89 bits per heavy atom. The maximum Gasteiger partial charge on any atom is 0.319 e. The predicted molar refractivity (Wildman–Crippen MR) is 164 cm³/mol. The Balaban J connectivity index is 1.25. The molecule has 0 aliphatic carbocycles. The summed E-state index contributed by atoms with van der Waals surface area (Å²) in [6, 6.07) is 7.13. The average molecular weight is 599 g/mol. The minimum absolute atomic E-state index is 0.00167. The summed E-state index contributed by atoms with van der Waals surface area (Å²) < 4.78 is 38.3. The van der Waals surface area contributed by atoms with Crippen LogP contribution in [-0.2, 0) is 6.42 Å². The quantitative estimate of drug-likeness (QED) is 0.323. The number of fused-ring (bicyclic) bond motifs is 7. The van der Waals surface area contributed by atoms with Crippen LogP contribution >= 0.6 is 0 Å². The number of aryl methyl sites for hydroxylation is 2. The van der Waals surface area contributed by atoms with Gasteiger partial charge >= 0.3 is 6.01 Å². The Labute approximate surface area is 254 Å². The van der Waals surface area contributed by atoms with Gasteiger partial charge in [-0.3, -0.25) is 4.90 Å². The van der Waals surface area contributed by atoms with Crippen LogP contribution in [0.1, 0.15) is 56.2 Å². The van der Waals surface area contributed by atoms with Crippen LogP contribution < -0.4 is 15.0 Å². The van der Waals surface area contributed by atoms with E-state index >= 15 is 4.39 Å². The molecule has 4 saturated heterocycles. The first-order valence-electron chi connectivity index (χ1n) is 16.1. The average Bonchev–Trinajstić information content (AvgIpc) is 3.69. The molecule has 1 unspecified atom stereocenters. The molecule has 2 aromatic carbocycles. The number of aromatic hydroxyl groups is 1. The highest BCUT2D eigenvalue weighted by Crippen LogP contribution is 2.44. The van der Waals surface area contributed by atoms with E-state index in [4.69, 9.17) is 19.7 Å². The standard InChI is InChI=1S/C34H36F2N6O2/c1-18-23(35)6-4-19-14-21(43)15-22(27(18)19)30-29(36)31-28-25(38-30)8-9-26-24-7-5-20(37-24)16-42(26)32(28)40-33(39-31)44-17-34-10-2-12-41(34)13-3-11-34/h4,6,14-15,20,24,26,37,43H,2-3,5,7-13,16-17H2,1H3/t20-,24-,26?/m0/s1. The summed E-state index contributed by atoms with van der Waals surface area (Å²) in [7, 11) is 0. The van der Waals surface area contributed by atoms with Gasteiger partial charge in [0.15, 0.2) is 5.82 Å². The van der Waals surface area contributed by atoms with Crippen molar-refractivity contribution in [2.45, 2.75) is 82.0 Å². The molecule has 5 aliphatic rings. The molecule has 3 atom stereocenters. The van der Waals surface area contributed by atoms with Crippen molar-refractivity contribution in [3.05, 3.63) is 47.2 Å². The lowest BCUT2D eigenvalue weighted by atomic mass is 9.95. The number of anilines is 1. The minimum Gasteiger partial charge on any atom is -0.508 e. The number of pyridine rings is 1. The van der Waals surface area contributed by atoms with Gasteiger partial charge in [0.1, 0.15) is 35.2 Å². The number of nitrogens with zero attached hydrogens (tertiary/aromatic N) is 5. The molecule has 0 saturated carbocycles. The van der Waals surface area contributed by atoms with Crippen LogP contribution in [0.15, 0.2) is 24.3 Å². The summed E-state index contributed by atoms with van der Waals surface area (Å²) in [5, 5.41) is 16.2. The fourth-order valence-corrected chi connectivity index (χ4v) is 9.06. The van der Waals surface area contributed by atoms with E-state index in [0.29, 0.717) is 58.2 Å². The number of hydrogen-bond acceptors (Lipinski definition) is 8. The third-order valence-corrected chi connectivity index (χ3v) is 11.2. The van der Waals surface area contributed by atoms with Crippen molar-refractivity contribution in [2.75, 3.05) is 31.1 Å². The van der Waals surface area contributed by atoms with Gasteiger partial charge in [0.2, 0.25) is 0 Å². The number of rotatable bonds is 4.